The molecule has 3 nitrogen and oxygen atoms in total. The Kier molecular flexibility index (Phi) is 5.58. The lowest BCUT2D eigenvalue weighted by Crippen LogP contribution is -2.39. The van der Waals surface area contributed by atoms with Gasteiger partial charge in [-0.3, -0.25) is 0 Å². The molecule has 2 unspecified atom stereocenters. The predicted octanol–water partition coefficient (Wildman–Crippen LogP) is 1.69. The van der Waals surface area contributed by atoms with Crippen LogP contribution in [0.2, 0.25) is 0 Å². The summed E-state index contributed by atoms with van der Waals surface area (Å²) in [5.74, 6) is 0.213. The van der Waals surface area contributed by atoms with E-state index in [-0.39, 0.29) is 5.92 Å². The summed E-state index contributed by atoms with van der Waals surface area (Å²) in [6, 6.07) is 2.79. The van der Waals surface area contributed by atoms with Crippen molar-refractivity contribution in [3.05, 3.63) is 0 Å². The first-order chi connectivity index (χ1) is 6.88. The zero-order chi connectivity index (χ0) is 10.2. The molecule has 3 heteroatoms. The van der Waals surface area contributed by atoms with E-state index in [0.717, 1.165) is 32.6 Å². The van der Waals surface area contributed by atoms with Gasteiger partial charge in [-0.25, -0.2) is 0 Å². The molecule has 0 spiro atoms. The van der Waals surface area contributed by atoms with Crippen molar-refractivity contribution < 1.29 is 4.74 Å². The molecule has 0 bridgehead atoms. The van der Waals surface area contributed by atoms with Gasteiger partial charge in [-0.05, 0) is 19.8 Å². The van der Waals surface area contributed by atoms with E-state index in [1.807, 2.05) is 6.92 Å². The summed E-state index contributed by atoms with van der Waals surface area (Å²) in [7, 11) is 0. The second-order valence-electron chi connectivity index (χ2n) is 3.78. The van der Waals surface area contributed by atoms with Gasteiger partial charge >= 0.3 is 0 Å². The normalized spacial score (nSPS) is 27.1. The number of hydrogen-bond donors (Lipinski definition) is 1. The third-order valence-electron chi connectivity index (χ3n) is 2.79. The molecule has 0 heterocycles. The summed E-state index contributed by atoms with van der Waals surface area (Å²) >= 11 is 0. The monoisotopic (exact) mass is 196 g/mol. The van der Waals surface area contributed by atoms with Crippen LogP contribution in [-0.2, 0) is 4.74 Å². The predicted molar refractivity (Wildman–Crippen MR) is 55.9 cm³/mol. The molecule has 0 aromatic heterocycles. The number of rotatable bonds is 5. The number of ether oxygens (including phenoxy) is 1. The molecule has 1 fully saturated rings. The minimum Gasteiger partial charge on any atom is -0.380 e. The molecule has 1 N–H and O–H groups in total. The van der Waals surface area contributed by atoms with Crippen LogP contribution >= 0.6 is 0 Å². The molecule has 80 valence electrons. The fourth-order valence-corrected chi connectivity index (χ4v) is 1.99. The highest BCUT2D eigenvalue weighted by atomic mass is 16.5. The Morgan fingerprint density at radius 2 is 2.21 bits per heavy atom. The Bertz CT molecular complexity index is 188. The fraction of sp³-hybridized carbons (Fsp3) is 0.909. The van der Waals surface area contributed by atoms with Crippen LogP contribution in [0, 0.1) is 17.2 Å². The average Bonchev–Trinajstić information content (AvgIpc) is 2.25. The van der Waals surface area contributed by atoms with Gasteiger partial charge in [0.25, 0.3) is 0 Å². The highest BCUT2D eigenvalue weighted by molar-refractivity contribution is 4.94. The average molecular weight is 196 g/mol. The molecule has 1 aliphatic carbocycles. The third kappa shape index (κ3) is 3.65. The van der Waals surface area contributed by atoms with E-state index in [1.54, 1.807) is 0 Å². The van der Waals surface area contributed by atoms with Crippen molar-refractivity contribution in [1.82, 2.24) is 5.32 Å². The summed E-state index contributed by atoms with van der Waals surface area (Å²) in [5.41, 5.74) is 0. The van der Waals surface area contributed by atoms with Crippen molar-refractivity contribution in [2.24, 2.45) is 5.92 Å². The molecule has 1 rings (SSSR count). The van der Waals surface area contributed by atoms with E-state index in [4.69, 9.17) is 10.00 Å². The van der Waals surface area contributed by atoms with Crippen molar-refractivity contribution in [3.8, 4) is 6.07 Å². The van der Waals surface area contributed by atoms with Crippen LogP contribution in [-0.4, -0.2) is 25.8 Å². The second kappa shape index (κ2) is 6.80. The van der Waals surface area contributed by atoms with Crippen LogP contribution < -0.4 is 5.32 Å². The lowest BCUT2D eigenvalue weighted by atomic mass is 9.85. The Hall–Kier alpha value is -0.590. The van der Waals surface area contributed by atoms with Gasteiger partial charge in [-0.2, -0.15) is 5.26 Å². The van der Waals surface area contributed by atoms with Crippen LogP contribution in [0.25, 0.3) is 0 Å². The van der Waals surface area contributed by atoms with E-state index in [1.165, 1.54) is 12.8 Å². The number of nitriles is 1. The van der Waals surface area contributed by atoms with Crippen LogP contribution in [0.15, 0.2) is 0 Å². The highest BCUT2D eigenvalue weighted by Gasteiger charge is 2.23. The van der Waals surface area contributed by atoms with Crippen molar-refractivity contribution in [3.63, 3.8) is 0 Å². The molecular formula is C11H20N2O. The topological polar surface area (TPSA) is 45.0 Å². The number of nitrogens with zero attached hydrogens (tertiary/aromatic N) is 1. The van der Waals surface area contributed by atoms with Crippen molar-refractivity contribution in [2.45, 2.75) is 38.6 Å². The molecule has 2 atom stereocenters. The minimum absolute atomic E-state index is 0.213. The van der Waals surface area contributed by atoms with Crippen molar-refractivity contribution in [2.75, 3.05) is 19.8 Å². The summed E-state index contributed by atoms with van der Waals surface area (Å²) in [6.07, 6.45) is 4.67. The second-order valence-corrected chi connectivity index (χ2v) is 3.78. The van der Waals surface area contributed by atoms with E-state index in [9.17, 15) is 0 Å². The van der Waals surface area contributed by atoms with Crippen LogP contribution in [0.1, 0.15) is 32.6 Å². The van der Waals surface area contributed by atoms with Gasteiger partial charge in [0.2, 0.25) is 0 Å². The van der Waals surface area contributed by atoms with Crippen molar-refractivity contribution in [1.29, 1.82) is 5.26 Å². The van der Waals surface area contributed by atoms with E-state index in [0.29, 0.717) is 6.04 Å². The molecule has 0 radical (unpaired) electrons. The van der Waals surface area contributed by atoms with Crippen LogP contribution in [0.3, 0.4) is 0 Å². The van der Waals surface area contributed by atoms with Gasteiger partial charge in [-0.1, -0.05) is 12.8 Å². The molecule has 0 aromatic carbocycles. The third-order valence-corrected chi connectivity index (χ3v) is 2.79. The molecule has 0 aliphatic heterocycles. The van der Waals surface area contributed by atoms with Gasteiger partial charge in [0.05, 0.1) is 18.6 Å². The Morgan fingerprint density at radius 3 is 2.93 bits per heavy atom. The van der Waals surface area contributed by atoms with Crippen LogP contribution in [0.4, 0.5) is 0 Å². The molecule has 1 saturated carbocycles. The fourth-order valence-electron chi connectivity index (χ4n) is 1.99. The molecule has 14 heavy (non-hydrogen) atoms. The summed E-state index contributed by atoms with van der Waals surface area (Å²) < 4.78 is 5.25. The van der Waals surface area contributed by atoms with Gasteiger partial charge < -0.3 is 10.1 Å². The lowest BCUT2D eigenvalue weighted by Gasteiger charge is -2.27. The molecule has 0 aromatic rings. The zero-order valence-electron chi connectivity index (χ0n) is 8.96. The van der Waals surface area contributed by atoms with E-state index >= 15 is 0 Å². The molecule has 1 aliphatic rings. The Morgan fingerprint density at radius 1 is 1.43 bits per heavy atom. The van der Waals surface area contributed by atoms with E-state index in [2.05, 4.69) is 11.4 Å². The lowest BCUT2D eigenvalue weighted by molar-refractivity contribution is 0.142. The molecule has 0 amide bonds. The standard InChI is InChI=1S/C11H20N2O/c1-2-14-8-7-13-11-6-4-3-5-10(11)9-12/h10-11,13H,2-8H2,1H3. The van der Waals surface area contributed by atoms with Crippen LogP contribution in [0.5, 0.6) is 0 Å². The Balaban J connectivity index is 2.17. The minimum atomic E-state index is 0.213. The Labute approximate surface area is 86.4 Å². The molecule has 0 saturated heterocycles. The highest BCUT2D eigenvalue weighted by Crippen LogP contribution is 2.23. The maximum Gasteiger partial charge on any atom is 0.0672 e. The summed E-state index contributed by atoms with van der Waals surface area (Å²) in [6.45, 7) is 4.40. The number of hydrogen-bond acceptors (Lipinski definition) is 3. The van der Waals surface area contributed by atoms with Gasteiger partial charge in [0.1, 0.15) is 0 Å². The number of nitrogens with one attached hydrogen (secondary N) is 1. The summed E-state index contributed by atoms with van der Waals surface area (Å²) in [4.78, 5) is 0. The largest absolute Gasteiger partial charge is 0.380 e. The van der Waals surface area contributed by atoms with Crippen molar-refractivity contribution >= 4 is 0 Å². The van der Waals surface area contributed by atoms with Gasteiger partial charge in [-0.15, -0.1) is 0 Å². The maximum absolute atomic E-state index is 8.94. The quantitative estimate of drug-likeness (QED) is 0.681. The first kappa shape index (κ1) is 11.5. The SMILES string of the molecule is CCOCCNC1CCCCC1C#N. The van der Waals surface area contributed by atoms with Gasteiger partial charge in [0.15, 0.2) is 0 Å². The maximum atomic E-state index is 8.94. The first-order valence-corrected chi connectivity index (χ1v) is 5.59. The van der Waals surface area contributed by atoms with E-state index < -0.39 is 0 Å². The smallest absolute Gasteiger partial charge is 0.0672 e. The molecular weight excluding hydrogens is 176 g/mol. The zero-order valence-corrected chi connectivity index (χ0v) is 8.96. The first-order valence-electron chi connectivity index (χ1n) is 5.59. The summed E-state index contributed by atoms with van der Waals surface area (Å²) in [5, 5.41) is 12.4. The van der Waals surface area contributed by atoms with Gasteiger partial charge in [0, 0.05) is 19.2 Å².